The van der Waals surface area contributed by atoms with E-state index in [-0.39, 0.29) is 5.54 Å². The van der Waals surface area contributed by atoms with Crippen molar-refractivity contribution < 1.29 is 4.74 Å². The van der Waals surface area contributed by atoms with E-state index >= 15 is 0 Å². The molecule has 0 amide bonds. The van der Waals surface area contributed by atoms with Crippen LogP contribution in [0.1, 0.15) is 52.5 Å². The van der Waals surface area contributed by atoms with Gasteiger partial charge in [0.2, 0.25) is 0 Å². The smallest absolute Gasteiger partial charge is 0.124 e. The molecule has 1 saturated carbocycles. The lowest BCUT2D eigenvalue weighted by molar-refractivity contribution is 0.202. The Hall–Kier alpha value is -1.02. The summed E-state index contributed by atoms with van der Waals surface area (Å²) in [6.07, 6.45) is 4.10. The second kappa shape index (κ2) is 5.96. The van der Waals surface area contributed by atoms with E-state index in [0.717, 1.165) is 18.2 Å². The molecule has 1 fully saturated rings. The van der Waals surface area contributed by atoms with Crippen LogP contribution < -0.4 is 10.1 Å². The zero-order valence-corrected chi connectivity index (χ0v) is 12.7. The van der Waals surface area contributed by atoms with Crippen molar-refractivity contribution in [3.05, 3.63) is 29.8 Å². The first-order valence-electron chi connectivity index (χ1n) is 7.43. The van der Waals surface area contributed by atoms with Gasteiger partial charge in [0, 0.05) is 17.6 Å². The van der Waals surface area contributed by atoms with Crippen molar-refractivity contribution in [3.8, 4) is 5.75 Å². The third-order valence-electron chi connectivity index (χ3n) is 3.72. The van der Waals surface area contributed by atoms with Crippen molar-refractivity contribution in [1.29, 1.82) is 0 Å². The van der Waals surface area contributed by atoms with Gasteiger partial charge in [0.05, 0.1) is 6.10 Å². The molecule has 19 heavy (non-hydrogen) atoms. The molecule has 1 aliphatic rings. The molecule has 0 aromatic heterocycles. The maximum Gasteiger partial charge on any atom is 0.124 e. The van der Waals surface area contributed by atoms with E-state index in [2.05, 4.69) is 57.3 Å². The topological polar surface area (TPSA) is 21.3 Å². The summed E-state index contributed by atoms with van der Waals surface area (Å²) in [5.41, 5.74) is 1.40. The first-order valence-corrected chi connectivity index (χ1v) is 7.43. The van der Waals surface area contributed by atoms with E-state index in [1.165, 1.54) is 24.8 Å². The van der Waals surface area contributed by atoms with Crippen LogP contribution in [0.5, 0.6) is 5.75 Å². The van der Waals surface area contributed by atoms with E-state index < -0.39 is 0 Å². The summed E-state index contributed by atoms with van der Waals surface area (Å²) < 4.78 is 6.20. The summed E-state index contributed by atoms with van der Waals surface area (Å²) >= 11 is 0. The van der Waals surface area contributed by atoms with E-state index in [1.54, 1.807) is 0 Å². The molecular formula is C17H27NO. The predicted octanol–water partition coefficient (Wildman–Crippen LogP) is 4.14. The van der Waals surface area contributed by atoms with Crippen molar-refractivity contribution in [2.24, 2.45) is 5.92 Å². The number of para-hydroxylation sites is 1. The number of hydrogen-bond donors (Lipinski definition) is 1. The van der Waals surface area contributed by atoms with E-state index in [9.17, 15) is 0 Å². The zero-order valence-electron chi connectivity index (χ0n) is 12.7. The first-order chi connectivity index (χ1) is 8.94. The van der Waals surface area contributed by atoms with Crippen molar-refractivity contribution in [1.82, 2.24) is 5.32 Å². The van der Waals surface area contributed by atoms with Crippen molar-refractivity contribution in [2.75, 3.05) is 0 Å². The third kappa shape index (κ3) is 4.54. The van der Waals surface area contributed by atoms with Gasteiger partial charge in [-0.3, -0.25) is 0 Å². The number of benzene rings is 1. The van der Waals surface area contributed by atoms with Gasteiger partial charge in [0.15, 0.2) is 0 Å². The lowest BCUT2D eigenvalue weighted by Crippen LogP contribution is -2.35. The fourth-order valence-electron chi connectivity index (χ4n) is 2.57. The molecule has 2 atom stereocenters. The van der Waals surface area contributed by atoms with Crippen LogP contribution in [0.2, 0.25) is 0 Å². The summed E-state index contributed by atoms with van der Waals surface area (Å²) in [6, 6.07) is 8.41. The Balaban J connectivity index is 1.99. The SMILES string of the molecule is CC1CCC(Oc2ccccc2CNC(C)(C)C)C1. The van der Waals surface area contributed by atoms with Gasteiger partial charge in [-0.1, -0.05) is 25.1 Å². The second-order valence-electron chi connectivity index (χ2n) is 6.87. The van der Waals surface area contributed by atoms with Crippen molar-refractivity contribution >= 4 is 0 Å². The Bertz CT molecular complexity index is 408. The van der Waals surface area contributed by atoms with Gasteiger partial charge in [-0.15, -0.1) is 0 Å². The highest BCUT2D eigenvalue weighted by Crippen LogP contribution is 2.30. The molecule has 2 heteroatoms. The molecule has 1 aliphatic carbocycles. The quantitative estimate of drug-likeness (QED) is 0.879. The molecule has 2 nitrogen and oxygen atoms in total. The van der Waals surface area contributed by atoms with Crippen LogP contribution >= 0.6 is 0 Å². The highest BCUT2D eigenvalue weighted by atomic mass is 16.5. The predicted molar refractivity (Wildman–Crippen MR) is 80.5 cm³/mol. The number of hydrogen-bond acceptors (Lipinski definition) is 2. The summed E-state index contributed by atoms with van der Waals surface area (Å²) in [7, 11) is 0. The van der Waals surface area contributed by atoms with Gasteiger partial charge in [-0.05, 0) is 52.0 Å². The monoisotopic (exact) mass is 261 g/mol. The minimum atomic E-state index is 0.134. The van der Waals surface area contributed by atoms with Gasteiger partial charge in [-0.25, -0.2) is 0 Å². The molecule has 2 unspecified atom stereocenters. The number of rotatable bonds is 4. The molecule has 0 aliphatic heterocycles. The zero-order chi connectivity index (χ0) is 13.9. The van der Waals surface area contributed by atoms with Gasteiger partial charge in [-0.2, -0.15) is 0 Å². The second-order valence-corrected chi connectivity index (χ2v) is 6.87. The highest BCUT2D eigenvalue weighted by molar-refractivity contribution is 5.33. The van der Waals surface area contributed by atoms with Crippen LogP contribution in [0.15, 0.2) is 24.3 Å². The summed E-state index contributed by atoms with van der Waals surface area (Å²) in [6.45, 7) is 9.75. The van der Waals surface area contributed by atoms with Crippen LogP contribution in [0.4, 0.5) is 0 Å². The van der Waals surface area contributed by atoms with Crippen molar-refractivity contribution in [2.45, 2.75) is 65.1 Å². The van der Waals surface area contributed by atoms with E-state index in [4.69, 9.17) is 4.74 Å². The van der Waals surface area contributed by atoms with Gasteiger partial charge in [0.25, 0.3) is 0 Å². The molecule has 2 rings (SSSR count). The number of ether oxygens (including phenoxy) is 1. The average Bonchev–Trinajstić information content (AvgIpc) is 2.73. The van der Waals surface area contributed by atoms with Crippen LogP contribution in [-0.2, 0) is 6.54 Å². The third-order valence-corrected chi connectivity index (χ3v) is 3.72. The minimum absolute atomic E-state index is 0.134. The maximum absolute atomic E-state index is 6.20. The van der Waals surface area contributed by atoms with Crippen LogP contribution in [0.25, 0.3) is 0 Å². The molecule has 0 spiro atoms. The standard InChI is InChI=1S/C17H27NO/c1-13-9-10-15(11-13)19-16-8-6-5-7-14(16)12-18-17(2,3)4/h5-8,13,15,18H,9-12H2,1-4H3. The largest absolute Gasteiger partial charge is 0.490 e. The van der Waals surface area contributed by atoms with Crippen LogP contribution in [-0.4, -0.2) is 11.6 Å². The summed E-state index contributed by atoms with van der Waals surface area (Å²) in [5, 5.41) is 3.53. The van der Waals surface area contributed by atoms with Crippen molar-refractivity contribution in [3.63, 3.8) is 0 Å². The molecular weight excluding hydrogens is 234 g/mol. The van der Waals surface area contributed by atoms with Gasteiger partial charge < -0.3 is 10.1 Å². The molecule has 1 N–H and O–H groups in total. The molecule has 0 bridgehead atoms. The lowest BCUT2D eigenvalue weighted by atomic mass is 10.1. The van der Waals surface area contributed by atoms with E-state index in [1.807, 2.05) is 0 Å². The van der Waals surface area contributed by atoms with Gasteiger partial charge in [0.1, 0.15) is 5.75 Å². The van der Waals surface area contributed by atoms with Gasteiger partial charge >= 0.3 is 0 Å². The molecule has 0 radical (unpaired) electrons. The summed E-state index contributed by atoms with van der Waals surface area (Å²) in [5.74, 6) is 1.86. The fourth-order valence-corrected chi connectivity index (χ4v) is 2.57. The maximum atomic E-state index is 6.20. The Morgan fingerprint density at radius 1 is 1.21 bits per heavy atom. The minimum Gasteiger partial charge on any atom is -0.490 e. The van der Waals surface area contributed by atoms with Crippen LogP contribution in [0.3, 0.4) is 0 Å². The molecule has 1 aromatic carbocycles. The lowest BCUT2D eigenvalue weighted by Gasteiger charge is -2.22. The Morgan fingerprint density at radius 3 is 2.58 bits per heavy atom. The van der Waals surface area contributed by atoms with E-state index in [0.29, 0.717) is 6.10 Å². The van der Waals surface area contributed by atoms with Crippen LogP contribution in [0, 0.1) is 5.92 Å². The first kappa shape index (κ1) is 14.4. The molecule has 1 aromatic rings. The Morgan fingerprint density at radius 2 is 1.95 bits per heavy atom. The molecule has 106 valence electrons. The number of nitrogens with one attached hydrogen (secondary N) is 1. The summed E-state index contributed by atoms with van der Waals surface area (Å²) in [4.78, 5) is 0. The molecule has 0 saturated heterocycles. The highest BCUT2D eigenvalue weighted by Gasteiger charge is 2.23. The fraction of sp³-hybridized carbons (Fsp3) is 0.647. The normalized spacial score (nSPS) is 23.6. The Labute approximate surface area is 117 Å². The molecule has 0 heterocycles. The average molecular weight is 261 g/mol. The Kier molecular flexibility index (Phi) is 4.51.